The Morgan fingerprint density at radius 3 is 2.52 bits per heavy atom. The Balaban J connectivity index is 2.04. The molecule has 0 spiro atoms. The number of carboxylic acid groups (broad SMARTS) is 1. The number of anilines is 1. The lowest BCUT2D eigenvalue weighted by Crippen LogP contribution is -2.45. The fourth-order valence-corrected chi connectivity index (χ4v) is 4.04. The number of rotatable bonds is 5. The highest BCUT2D eigenvalue weighted by Gasteiger charge is 2.31. The Kier molecular flexibility index (Phi) is 5.65. The maximum atomic E-state index is 11.3. The summed E-state index contributed by atoms with van der Waals surface area (Å²) in [6.45, 7) is 14.0. The van der Waals surface area contributed by atoms with Crippen LogP contribution in [0.2, 0.25) is 0 Å². The summed E-state index contributed by atoms with van der Waals surface area (Å²) in [5.41, 5.74) is 7.87. The van der Waals surface area contributed by atoms with E-state index in [2.05, 4.69) is 62.7 Å². The van der Waals surface area contributed by atoms with Gasteiger partial charge in [-0.05, 0) is 87.6 Å². The lowest BCUT2D eigenvalue weighted by Gasteiger charge is -2.43. The van der Waals surface area contributed by atoms with E-state index in [1.807, 2.05) is 13.1 Å². The largest absolute Gasteiger partial charge is 0.478 e. The van der Waals surface area contributed by atoms with Crippen LogP contribution in [0.15, 0.2) is 41.4 Å². The first-order chi connectivity index (χ1) is 13.6. The summed E-state index contributed by atoms with van der Waals surface area (Å²) in [6, 6.07) is 9.49. The first-order valence-electron chi connectivity index (χ1n) is 10.1. The number of hydrogen-bond donors (Lipinski definition) is 1. The van der Waals surface area contributed by atoms with Crippen molar-refractivity contribution in [3.05, 3.63) is 64.2 Å². The predicted octanol–water partition coefficient (Wildman–Crippen LogP) is 6.16. The van der Waals surface area contributed by atoms with Crippen LogP contribution in [0.3, 0.4) is 0 Å². The predicted molar refractivity (Wildman–Crippen MR) is 122 cm³/mol. The van der Waals surface area contributed by atoms with E-state index in [0.29, 0.717) is 5.69 Å². The van der Waals surface area contributed by atoms with Crippen molar-refractivity contribution in [1.29, 1.82) is 0 Å². The molecule has 2 aromatic carbocycles. The van der Waals surface area contributed by atoms with E-state index in [4.69, 9.17) is 0 Å². The highest BCUT2D eigenvalue weighted by Crippen LogP contribution is 2.40. The number of aromatic carboxylic acids is 1. The van der Waals surface area contributed by atoms with Crippen LogP contribution >= 0.6 is 0 Å². The van der Waals surface area contributed by atoms with Crippen molar-refractivity contribution < 1.29 is 9.90 Å². The number of allylic oxidation sites excluding steroid dienone is 1. The topological polar surface area (TPSA) is 52.9 Å². The maximum Gasteiger partial charge on any atom is 0.335 e. The average molecular weight is 391 g/mol. The third kappa shape index (κ3) is 4.12. The van der Waals surface area contributed by atoms with Crippen molar-refractivity contribution in [1.82, 2.24) is 0 Å². The molecule has 4 heteroatoms. The van der Waals surface area contributed by atoms with Crippen molar-refractivity contribution >= 4 is 29.1 Å². The van der Waals surface area contributed by atoms with Gasteiger partial charge in [-0.1, -0.05) is 19.1 Å². The molecule has 0 bridgehead atoms. The lowest BCUT2D eigenvalue weighted by molar-refractivity contribution is 0.0697. The molecule has 0 saturated heterocycles. The smallest absolute Gasteiger partial charge is 0.335 e. The monoisotopic (exact) mass is 390 g/mol. The minimum atomic E-state index is -0.939. The van der Waals surface area contributed by atoms with Gasteiger partial charge in [0, 0.05) is 24.0 Å². The second-order valence-electron chi connectivity index (χ2n) is 8.42. The Labute approximate surface area is 173 Å². The number of aryl methyl sites for hydroxylation is 2. The zero-order valence-corrected chi connectivity index (χ0v) is 18.2. The van der Waals surface area contributed by atoms with Gasteiger partial charge in [-0.15, -0.1) is 0 Å². The van der Waals surface area contributed by atoms with Gasteiger partial charge in [0.1, 0.15) is 0 Å². The number of carbonyl (C=O) groups is 1. The second-order valence-corrected chi connectivity index (χ2v) is 8.42. The first kappa shape index (κ1) is 20.8. The molecular weight excluding hydrogens is 360 g/mol. The summed E-state index contributed by atoms with van der Waals surface area (Å²) in [5.74, 6) is -0.939. The van der Waals surface area contributed by atoms with Crippen molar-refractivity contribution in [2.24, 2.45) is 4.99 Å². The molecule has 0 atom stereocenters. The minimum Gasteiger partial charge on any atom is -0.478 e. The Bertz CT molecular complexity index is 1020. The summed E-state index contributed by atoms with van der Waals surface area (Å²) < 4.78 is 0. The molecule has 0 amide bonds. The van der Waals surface area contributed by atoms with Crippen LogP contribution in [0, 0.1) is 13.8 Å². The van der Waals surface area contributed by atoms with Crippen LogP contribution in [0.5, 0.6) is 0 Å². The molecule has 29 heavy (non-hydrogen) atoms. The first-order valence-corrected chi connectivity index (χ1v) is 10.1. The van der Waals surface area contributed by atoms with Crippen LogP contribution < -0.4 is 4.90 Å². The zero-order valence-electron chi connectivity index (χ0n) is 18.2. The van der Waals surface area contributed by atoms with Gasteiger partial charge < -0.3 is 10.0 Å². The molecule has 0 aromatic heterocycles. The molecule has 1 aliphatic rings. The van der Waals surface area contributed by atoms with Crippen LogP contribution in [0.4, 0.5) is 11.4 Å². The van der Waals surface area contributed by atoms with E-state index < -0.39 is 5.97 Å². The highest BCUT2D eigenvalue weighted by atomic mass is 16.4. The fraction of sp³-hybridized carbons (Fsp3) is 0.360. The van der Waals surface area contributed by atoms with Crippen molar-refractivity contribution in [3.63, 3.8) is 0 Å². The maximum absolute atomic E-state index is 11.3. The number of benzene rings is 2. The van der Waals surface area contributed by atoms with E-state index in [1.165, 1.54) is 16.8 Å². The molecule has 3 rings (SSSR count). The summed E-state index contributed by atoms with van der Waals surface area (Å²) in [5, 5.41) is 9.24. The fourth-order valence-electron chi connectivity index (χ4n) is 4.04. The lowest BCUT2D eigenvalue weighted by atomic mass is 9.87. The molecule has 0 fully saturated rings. The number of aliphatic imine (C=N–C) groups is 1. The van der Waals surface area contributed by atoms with E-state index in [-0.39, 0.29) is 11.1 Å². The SMILES string of the molecule is CCCN1c2cc(C)c(C=Nc3cc(C(=O)O)ccc3C)cc2C(C)=CC1(C)C. The van der Waals surface area contributed by atoms with Crippen LogP contribution in [0.25, 0.3) is 5.57 Å². The van der Waals surface area contributed by atoms with Gasteiger partial charge in [0.2, 0.25) is 0 Å². The number of hydrogen-bond acceptors (Lipinski definition) is 3. The third-order valence-corrected chi connectivity index (χ3v) is 5.61. The summed E-state index contributed by atoms with van der Waals surface area (Å²) in [7, 11) is 0. The van der Waals surface area contributed by atoms with Crippen molar-refractivity contribution in [2.45, 2.75) is 53.5 Å². The molecule has 0 saturated carbocycles. The highest BCUT2D eigenvalue weighted by molar-refractivity contribution is 5.92. The number of nitrogens with zero attached hydrogens (tertiary/aromatic N) is 2. The van der Waals surface area contributed by atoms with Crippen molar-refractivity contribution in [3.8, 4) is 0 Å². The van der Waals surface area contributed by atoms with Gasteiger partial charge in [0.25, 0.3) is 0 Å². The average Bonchev–Trinajstić information content (AvgIpc) is 2.64. The number of carboxylic acids is 1. The molecule has 0 unspecified atom stereocenters. The van der Waals surface area contributed by atoms with Crippen molar-refractivity contribution in [2.75, 3.05) is 11.4 Å². The van der Waals surface area contributed by atoms with E-state index in [1.54, 1.807) is 18.2 Å². The molecule has 0 aliphatic carbocycles. The standard InChI is InChI=1S/C25H30N2O2/c1-7-10-27-23-11-17(3)20(12-21(23)18(4)14-25(27,5)6)15-26-22-13-19(24(28)29)9-8-16(22)2/h8-9,11-15H,7,10H2,1-6H3,(H,28,29). The van der Waals surface area contributed by atoms with Gasteiger partial charge in [0.15, 0.2) is 0 Å². The third-order valence-electron chi connectivity index (χ3n) is 5.61. The Hall–Kier alpha value is -2.88. The van der Waals surface area contributed by atoms with Crippen LogP contribution in [0.1, 0.15) is 66.7 Å². The van der Waals surface area contributed by atoms with Gasteiger partial charge in [-0.25, -0.2) is 4.79 Å². The molecule has 4 nitrogen and oxygen atoms in total. The Morgan fingerprint density at radius 2 is 1.86 bits per heavy atom. The van der Waals surface area contributed by atoms with Gasteiger partial charge >= 0.3 is 5.97 Å². The zero-order chi connectivity index (χ0) is 21.3. The molecule has 1 N–H and O–H groups in total. The van der Waals surface area contributed by atoms with Crippen LogP contribution in [-0.4, -0.2) is 29.4 Å². The van der Waals surface area contributed by atoms with Gasteiger partial charge in [-0.3, -0.25) is 4.99 Å². The van der Waals surface area contributed by atoms with Gasteiger partial charge in [-0.2, -0.15) is 0 Å². The quantitative estimate of drug-likeness (QED) is 0.622. The summed E-state index contributed by atoms with van der Waals surface area (Å²) in [6.07, 6.45) is 5.28. The molecule has 152 valence electrons. The Morgan fingerprint density at radius 1 is 1.14 bits per heavy atom. The summed E-state index contributed by atoms with van der Waals surface area (Å²) >= 11 is 0. The molecule has 2 aromatic rings. The summed E-state index contributed by atoms with van der Waals surface area (Å²) in [4.78, 5) is 18.4. The van der Waals surface area contributed by atoms with E-state index >= 15 is 0 Å². The van der Waals surface area contributed by atoms with Crippen LogP contribution in [-0.2, 0) is 0 Å². The normalized spacial score (nSPS) is 15.4. The molecule has 0 radical (unpaired) electrons. The van der Waals surface area contributed by atoms with Gasteiger partial charge in [0.05, 0.1) is 16.8 Å². The number of fused-ring (bicyclic) bond motifs is 1. The molecule has 1 aliphatic heterocycles. The minimum absolute atomic E-state index is 0.0104. The van der Waals surface area contributed by atoms with E-state index in [0.717, 1.165) is 29.7 Å². The second kappa shape index (κ2) is 7.86. The molecular formula is C25H30N2O2. The van der Waals surface area contributed by atoms with E-state index in [9.17, 15) is 9.90 Å². The molecule has 1 heterocycles.